The van der Waals surface area contributed by atoms with Gasteiger partial charge in [0, 0.05) is 11.1 Å². The zero-order valence-electron chi connectivity index (χ0n) is 17.8. The lowest BCUT2D eigenvalue weighted by Crippen LogP contribution is -2.29. The van der Waals surface area contributed by atoms with Crippen LogP contribution in [0.15, 0.2) is 58.9 Å². The Labute approximate surface area is 181 Å². The summed E-state index contributed by atoms with van der Waals surface area (Å²) in [5, 5.41) is 9.46. The second kappa shape index (κ2) is 9.01. The molecule has 0 unspecified atom stereocenters. The second-order valence-corrected chi connectivity index (χ2v) is 7.27. The molecule has 0 radical (unpaired) electrons. The highest BCUT2D eigenvalue weighted by Gasteiger charge is 2.24. The molecular formula is C23H24N6O2. The number of nitrogens with one attached hydrogen (secondary N) is 1. The number of carbonyl (C=O) groups excluding carboxylic acids is 1. The number of rotatable bonds is 6. The van der Waals surface area contributed by atoms with Gasteiger partial charge in [-0.1, -0.05) is 64.9 Å². The van der Waals surface area contributed by atoms with Crippen LogP contribution in [0.4, 0.5) is 0 Å². The summed E-state index contributed by atoms with van der Waals surface area (Å²) in [6, 6.07) is 16.1. The maximum Gasteiger partial charge on any atom is 0.358 e. The molecule has 0 saturated heterocycles. The van der Waals surface area contributed by atoms with Crippen molar-refractivity contribution in [3.63, 3.8) is 0 Å². The van der Waals surface area contributed by atoms with E-state index in [1.54, 1.807) is 6.92 Å². The third-order valence-corrected chi connectivity index (χ3v) is 4.88. The predicted octanol–water partition coefficient (Wildman–Crippen LogP) is 4.25. The van der Waals surface area contributed by atoms with Crippen LogP contribution in [-0.2, 0) is 11.3 Å². The van der Waals surface area contributed by atoms with Gasteiger partial charge in [-0.15, -0.1) is 0 Å². The van der Waals surface area contributed by atoms with Crippen molar-refractivity contribution < 1.29 is 9.53 Å². The molecule has 0 aliphatic carbocycles. The van der Waals surface area contributed by atoms with Crippen molar-refractivity contribution >= 4 is 5.97 Å². The molecule has 1 N–H and O–H groups in total. The Kier molecular flexibility index (Phi) is 5.99. The van der Waals surface area contributed by atoms with Gasteiger partial charge < -0.3 is 4.74 Å². The normalized spacial score (nSPS) is 12.9. The number of carbonyl (C=O) groups is 1. The molecule has 0 spiro atoms. The number of hydrazine groups is 1. The molecule has 2 aromatic carbocycles. The standard InChI is InChI=1S/C23H24N6O2/c1-4-31-23(30)22-19(13-29-25-14-24-28-29)26-20(17-9-5-15(2)6-10-17)21(27-22)18-11-7-16(3)8-12-18/h5-12,25H,4,13-14H2,1-3H3. The molecule has 8 heteroatoms. The van der Waals surface area contributed by atoms with Crippen LogP contribution in [0.3, 0.4) is 0 Å². The van der Waals surface area contributed by atoms with E-state index in [1.165, 1.54) is 5.12 Å². The molecule has 3 aromatic rings. The number of hydrogen-bond donors (Lipinski definition) is 1. The molecule has 2 heterocycles. The second-order valence-electron chi connectivity index (χ2n) is 7.27. The maximum atomic E-state index is 12.8. The molecule has 1 aliphatic rings. The summed E-state index contributed by atoms with van der Waals surface area (Å²) in [5.74, 6) is -0.509. The first-order valence-electron chi connectivity index (χ1n) is 10.2. The fourth-order valence-electron chi connectivity index (χ4n) is 3.25. The lowest BCUT2D eigenvalue weighted by Gasteiger charge is -2.17. The smallest absolute Gasteiger partial charge is 0.358 e. The van der Waals surface area contributed by atoms with Crippen LogP contribution in [-0.4, -0.2) is 34.3 Å². The van der Waals surface area contributed by atoms with Gasteiger partial charge in [-0.25, -0.2) is 19.9 Å². The Morgan fingerprint density at radius 3 is 2.06 bits per heavy atom. The van der Waals surface area contributed by atoms with E-state index in [2.05, 4.69) is 15.8 Å². The van der Waals surface area contributed by atoms with E-state index in [9.17, 15) is 4.79 Å². The highest BCUT2D eigenvalue weighted by molar-refractivity contribution is 5.91. The Bertz CT molecular complexity index is 1110. The van der Waals surface area contributed by atoms with Crippen molar-refractivity contribution in [2.45, 2.75) is 27.3 Å². The van der Waals surface area contributed by atoms with Gasteiger partial charge in [0.2, 0.25) is 0 Å². The van der Waals surface area contributed by atoms with Crippen LogP contribution in [0.2, 0.25) is 0 Å². The summed E-state index contributed by atoms with van der Waals surface area (Å²) in [4.78, 5) is 22.4. The number of esters is 1. The van der Waals surface area contributed by atoms with E-state index in [-0.39, 0.29) is 18.8 Å². The highest BCUT2D eigenvalue weighted by Crippen LogP contribution is 2.31. The molecule has 0 amide bonds. The minimum atomic E-state index is -0.509. The van der Waals surface area contributed by atoms with Crippen LogP contribution in [0, 0.1) is 13.8 Å². The Morgan fingerprint density at radius 1 is 0.968 bits per heavy atom. The Morgan fingerprint density at radius 2 is 1.55 bits per heavy atom. The van der Waals surface area contributed by atoms with Gasteiger partial charge in [-0.2, -0.15) is 10.5 Å². The zero-order chi connectivity index (χ0) is 21.8. The van der Waals surface area contributed by atoms with E-state index in [0.717, 1.165) is 22.3 Å². The number of ether oxygens (including phenoxy) is 1. The summed E-state index contributed by atoms with van der Waals surface area (Å²) in [7, 11) is 0. The molecule has 1 aromatic heterocycles. The summed E-state index contributed by atoms with van der Waals surface area (Å²) >= 11 is 0. The van der Waals surface area contributed by atoms with E-state index in [1.807, 2.05) is 62.4 Å². The molecule has 0 saturated carbocycles. The number of hydrogen-bond acceptors (Lipinski definition) is 8. The third-order valence-electron chi connectivity index (χ3n) is 4.88. The first-order valence-corrected chi connectivity index (χ1v) is 10.2. The van der Waals surface area contributed by atoms with Crippen LogP contribution >= 0.6 is 0 Å². The fourth-order valence-corrected chi connectivity index (χ4v) is 3.25. The zero-order valence-corrected chi connectivity index (χ0v) is 17.8. The van der Waals surface area contributed by atoms with Gasteiger partial charge in [0.15, 0.2) is 5.69 Å². The van der Waals surface area contributed by atoms with Crippen molar-refractivity contribution in [3.8, 4) is 22.5 Å². The molecule has 158 valence electrons. The molecule has 1 aliphatic heterocycles. The van der Waals surface area contributed by atoms with Gasteiger partial charge in [0.25, 0.3) is 0 Å². The van der Waals surface area contributed by atoms with Crippen molar-refractivity contribution in [3.05, 3.63) is 71.0 Å². The van der Waals surface area contributed by atoms with Gasteiger partial charge in [0.1, 0.15) is 6.67 Å². The topological polar surface area (TPSA) is 92.1 Å². The van der Waals surface area contributed by atoms with Crippen molar-refractivity contribution in [2.75, 3.05) is 13.3 Å². The molecule has 31 heavy (non-hydrogen) atoms. The predicted molar refractivity (Wildman–Crippen MR) is 117 cm³/mol. The molecule has 0 bridgehead atoms. The quantitative estimate of drug-likeness (QED) is 0.604. The Hall–Kier alpha value is -3.65. The molecular weight excluding hydrogens is 392 g/mol. The van der Waals surface area contributed by atoms with E-state index in [4.69, 9.17) is 14.7 Å². The fraction of sp³-hybridized carbons (Fsp3) is 0.261. The molecule has 8 nitrogen and oxygen atoms in total. The van der Waals surface area contributed by atoms with Crippen LogP contribution < -0.4 is 5.43 Å². The number of nitrogens with zero attached hydrogens (tertiary/aromatic N) is 5. The first-order chi connectivity index (χ1) is 15.0. The molecule has 0 atom stereocenters. The average molecular weight is 416 g/mol. The summed E-state index contributed by atoms with van der Waals surface area (Å²) in [6.45, 7) is 6.70. The average Bonchev–Trinajstić information content (AvgIpc) is 3.28. The number of benzene rings is 2. The van der Waals surface area contributed by atoms with Gasteiger partial charge in [0.05, 0.1) is 30.2 Å². The van der Waals surface area contributed by atoms with Crippen molar-refractivity contribution in [1.82, 2.24) is 20.5 Å². The van der Waals surface area contributed by atoms with Gasteiger partial charge in [-0.05, 0) is 20.8 Å². The summed E-state index contributed by atoms with van der Waals surface area (Å²) in [5.41, 5.74) is 9.07. The minimum Gasteiger partial charge on any atom is -0.461 e. The SMILES string of the molecule is CCOC(=O)c1nc(-c2ccc(C)cc2)c(-c2ccc(C)cc2)nc1CN1N=NCN1. The number of aryl methyl sites for hydroxylation is 2. The van der Waals surface area contributed by atoms with Crippen LogP contribution in [0.5, 0.6) is 0 Å². The number of aromatic nitrogens is 2. The van der Waals surface area contributed by atoms with Crippen LogP contribution in [0.25, 0.3) is 22.5 Å². The molecule has 0 fully saturated rings. The van der Waals surface area contributed by atoms with E-state index in [0.29, 0.717) is 23.8 Å². The van der Waals surface area contributed by atoms with Crippen molar-refractivity contribution in [2.24, 2.45) is 10.3 Å². The third kappa shape index (κ3) is 4.59. The summed E-state index contributed by atoms with van der Waals surface area (Å²) < 4.78 is 5.27. The van der Waals surface area contributed by atoms with Gasteiger partial charge in [-0.3, -0.25) is 0 Å². The van der Waals surface area contributed by atoms with E-state index < -0.39 is 5.97 Å². The first kappa shape index (κ1) is 20.6. The molecule has 4 rings (SSSR count). The maximum absolute atomic E-state index is 12.8. The Balaban J connectivity index is 1.90. The lowest BCUT2D eigenvalue weighted by molar-refractivity contribution is 0.0515. The van der Waals surface area contributed by atoms with Crippen LogP contribution in [0.1, 0.15) is 34.2 Å². The summed E-state index contributed by atoms with van der Waals surface area (Å²) in [6.07, 6.45) is 0. The highest BCUT2D eigenvalue weighted by atomic mass is 16.5. The van der Waals surface area contributed by atoms with Gasteiger partial charge >= 0.3 is 5.97 Å². The largest absolute Gasteiger partial charge is 0.461 e. The monoisotopic (exact) mass is 416 g/mol. The minimum absolute atomic E-state index is 0.178. The van der Waals surface area contributed by atoms with E-state index >= 15 is 0 Å². The van der Waals surface area contributed by atoms with Crippen molar-refractivity contribution in [1.29, 1.82) is 0 Å². The lowest BCUT2D eigenvalue weighted by atomic mass is 10.0.